The van der Waals surface area contributed by atoms with Crippen molar-refractivity contribution in [3.63, 3.8) is 0 Å². The van der Waals surface area contributed by atoms with Gasteiger partial charge in [-0.3, -0.25) is 0 Å². The second kappa shape index (κ2) is 7.94. The van der Waals surface area contributed by atoms with Crippen molar-refractivity contribution >= 4 is 20.8 Å². The molecule has 1 atom stereocenters. The van der Waals surface area contributed by atoms with E-state index in [0.717, 1.165) is 33.2 Å². The lowest BCUT2D eigenvalue weighted by atomic mass is 9.94. The van der Waals surface area contributed by atoms with Gasteiger partial charge >= 0.3 is 0 Å². The highest BCUT2D eigenvalue weighted by molar-refractivity contribution is 7.89. The molecule has 3 rings (SSSR count). The molecule has 3 aromatic rings. The van der Waals surface area contributed by atoms with Gasteiger partial charge in [-0.15, -0.1) is 0 Å². The summed E-state index contributed by atoms with van der Waals surface area (Å²) in [6.07, 6.45) is 0. The zero-order valence-corrected chi connectivity index (χ0v) is 17.8. The molecule has 3 aromatic carbocycles. The van der Waals surface area contributed by atoms with Crippen molar-refractivity contribution in [1.82, 2.24) is 4.72 Å². The highest BCUT2D eigenvalue weighted by Crippen LogP contribution is 2.32. The van der Waals surface area contributed by atoms with Crippen molar-refractivity contribution < 1.29 is 13.2 Å². The Kier molecular flexibility index (Phi) is 5.77. The summed E-state index contributed by atoms with van der Waals surface area (Å²) in [6.45, 7) is 8.04. The molecule has 0 fully saturated rings. The molecule has 0 radical (unpaired) electrons. The quantitative estimate of drug-likeness (QED) is 0.612. The molecule has 1 N–H and O–H groups in total. The van der Waals surface area contributed by atoms with E-state index in [0.29, 0.717) is 0 Å². The highest BCUT2D eigenvalue weighted by atomic mass is 32.2. The average molecular weight is 398 g/mol. The SMILES string of the molecule is COc1cc(C)c([C@H](C)NS(=O)(=O)c2ccc3ccccc3c2)cc1C(C)C. The molecule has 0 aliphatic rings. The zero-order valence-electron chi connectivity index (χ0n) is 17.0. The molecule has 4 nitrogen and oxygen atoms in total. The summed E-state index contributed by atoms with van der Waals surface area (Å²) in [5.41, 5.74) is 3.02. The molecule has 0 amide bonds. The highest BCUT2D eigenvalue weighted by Gasteiger charge is 2.21. The van der Waals surface area contributed by atoms with Gasteiger partial charge in [-0.2, -0.15) is 0 Å². The van der Waals surface area contributed by atoms with Gasteiger partial charge in [0.25, 0.3) is 0 Å². The third-order valence-corrected chi connectivity index (χ3v) is 6.61. The number of methoxy groups -OCH3 is 1. The van der Waals surface area contributed by atoms with Crippen molar-refractivity contribution in [3.8, 4) is 5.75 Å². The molecular formula is C23H27NO3S. The molecule has 5 heteroatoms. The summed E-state index contributed by atoms with van der Waals surface area (Å²) < 4.78 is 34.3. The number of aryl methyl sites for hydroxylation is 1. The number of hydrogen-bond acceptors (Lipinski definition) is 3. The Labute approximate surface area is 167 Å². The Morgan fingerprint density at radius 1 is 0.893 bits per heavy atom. The van der Waals surface area contributed by atoms with E-state index in [1.54, 1.807) is 19.2 Å². The van der Waals surface area contributed by atoms with E-state index in [2.05, 4.69) is 18.6 Å². The monoisotopic (exact) mass is 397 g/mol. The van der Waals surface area contributed by atoms with Gasteiger partial charge in [-0.25, -0.2) is 13.1 Å². The maximum absolute atomic E-state index is 13.0. The largest absolute Gasteiger partial charge is 0.496 e. The van der Waals surface area contributed by atoms with Crippen molar-refractivity contribution in [2.45, 2.75) is 44.6 Å². The van der Waals surface area contributed by atoms with Crippen molar-refractivity contribution in [1.29, 1.82) is 0 Å². The summed E-state index contributed by atoms with van der Waals surface area (Å²) in [7, 11) is -1.99. The zero-order chi connectivity index (χ0) is 20.5. The van der Waals surface area contributed by atoms with E-state index in [1.165, 1.54) is 0 Å². The number of ether oxygens (including phenoxy) is 1. The van der Waals surface area contributed by atoms with Crippen LogP contribution in [0.3, 0.4) is 0 Å². The van der Waals surface area contributed by atoms with E-state index >= 15 is 0 Å². The first-order valence-electron chi connectivity index (χ1n) is 9.42. The molecule has 0 aliphatic carbocycles. The van der Waals surface area contributed by atoms with Crippen LogP contribution in [-0.2, 0) is 10.0 Å². The van der Waals surface area contributed by atoms with E-state index < -0.39 is 10.0 Å². The average Bonchev–Trinajstić information content (AvgIpc) is 2.66. The molecule has 0 heterocycles. The topological polar surface area (TPSA) is 55.4 Å². The van der Waals surface area contributed by atoms with Crippen molar-refractivity contribution in [2.24, 2.45) is 0 Å². The molecule has 0 saturated carbocycles. The summed E-state index contributed by atoms with van der Waals surface area (Å²) >= 11 is 0. The molecule has 0 saturated heterocycles. The maximum atomic E-state index is 13.0. The number of hydrogen-bond donors (Lipinski definition) is 1. The molecule has 0 unspecified atom stereocenters. The summed E-state index contributed by atoms with van der Waals surface area (Å²) in [5, 5.41) is 1.92. The van der Waals surface area contributed by atoms with E-state index in [9.17, 15) is 8.42 Å². The fourth-order valence-electron chi connectivity index (χ4n) is 3.51. The van der Waals surface area contributed by atoms with Gasteiger partial charge < -0.3 is 4.74 Å². The Bertz CT molecular complexity index is 1100. The lowest BCUT2D eigenvalue weighted by Gasteiger charge is -2.21. The van der Waals surface area contributed by atoms with Crippen LogP contribution >= 0.6 is 0 Å². The predicted molar refractivity (Wildman–Crippen MR) is 115 cm³/mol. The second-order valence-corrected chi connectivity index (χ2v) is 9.17. The third-order valence-electron chi connectivity index (χ3n) is 5.07. The smallest absolute Gasteiger partial charge is 0.241 e. The summed E-state index contributed by atoms with van der Waals surface area (Å²) in [4.78, 5) is 0.272. The third kappa shape index (κ3) is 4.05. The number of fused-ring (bicyclic) bond motifs is 1. The summed E-state index contributed by atoms with van der Waals surface area (Å²) in [5.74, 6) is 1.11. The van der Waals surface area contributed by atoms with E-state index in [4.69, 9.17) is 4.74 Å². The minimum absolute atomic E-state index is 0.272. The van der Waals surface area contributed by atoms with Gasteiger partial charge in [0.1, 0.15) is 5.75 Å². The second-order valence-electron chi connectivity index (χ2n) is 7.46. The van der Waals surface area contributed by atoms with Gasteiger partial charge in [-0.1, -0.05) is 44.2 Å². The van der Waals surface area contributed by atoms with Crippen LogP contribution in [0.4, 0.5) is 0 Å². The normalized spacial score (nSPS) is 13.1. The molecule has 0 aliphatic heterocycles. The Morgan fingerprint density at radius 3 is 2.21 bits per heavy atom. The van der Waals surface area contributed by atoms with Crippen molar-refractivity contribution in [3.05, 3.63) is 71.3 Å². The molecule has 0 aromatic heterocycles. The van der Waals surface area contributed by atoms with Gasteiger partial charge in [-0.05, 0) is 71.5 Å². The first-order valence-corrected chi connectivity index (χ1v) is 10.9. The van der Waals surface area contributed by atoms with E-state index in [1.807, 2.05) is 56.3 Å². The fourth-order valence-corrected chi connectivity index (χ4v) is 4.77. The minimum atomic E-state index is -3.65. The first kappa shape index (κ1) is 20.4. The van der Waals surface area contributed by atoms with Crippen LogP contribution in [0.25, 0.3) is 10.8 Å². The standard InChI is InChI=1S/C23H27NO3S/c1-15(2)21-14-22(16(3)12-23(21)27-5)17(4)24-28(25,26)20-11-10-18-8-6-7-9-19(18)13-20/h6-15,17,24H,1-5H3/t17-/m0/s1. The van der Waals surface area contributed by atoms with Crippen LogP contribution in [0, 0.1) is 6.92 Å². The number of nitrogens with one attached hydrogen (secondary N) is 1. The molecule has 0 spiro atoms. The fraction of sp³-hybridized carbons (Fsp3) is 0.304. The molecule has 28 heavy (non-hydrogen) atoms. The number of benzene rings is 3. The van der Waals surface area contributed by atoms with Gasteiger partial charge in [0.05, 0.1) is 12.0 Å². The maximum Gasteiger partial charge on any atom is 0.241 e. The number of sulfonamides is 1. The van der Waals surface area contributed by atoms with Gasteiger partial charge in [0.2, 0.25) is 10.0 Å². The van der Waals surface area contributed by atoms with E-state index in [-0.39, 0.29) is 16.9 Å². The Hall–Kier alpha value is -2.37. The Balaban J connectivity index is 1.94. The number of rotatable bonds is 6. The van der Waals surface area contributed by atoms with Crippen LogP contribution in [0.1, 0.15) is 49.4 Å². The summed E-state index contributed by atoms with van der Waals surface area (Å²) in [6, 6.07) is 16.6. The van der Waals surface area contributed by atoms with Crippen LogP contribution in [0.5, 0.6) is 5.75 Å². The first-order chi connectivity index (χ1) is 13.2. The van der Waals surface area contributed by atoms with Crippen LogP contribution in [0.15, 0.2) is 59.5 Å². The van der Waals surface area contributed by atoms with Crippen molar-refractivity contribution in [2.75, 3.05) is 7.11 Å². The lowest BCUT2D eigenvalue weighted by Crippen LogP contribution is -2.27. The Morgan fingerprint density at radius 2 is 1.57 bits per heavy atom. The van der Waals surface area contributed by atoms with Gasteiger partial charge in [0, 0.05) is 6.04 Å². The lowest BCUT2D eigenvalue weighted by molar-refractivity contribution is 0.406. The van der Waals surface area contributed by atoms with Gasteiger partial charge in [0.15, 0.2) is 0 Å². The molecule has 0 bridgehead atoms. The minimum Gasteiger partial charge on any atom is -0.496 e. The predicted octanol–water partition coefficient (Wildman–Crippen LogP) is 5.32. The van der Waals surface area contributed by atoms with Crippen LogP contribution < -0.4 is 9.46 Å². The van der Waals surface area contributed by atoms with Crippen LogP contribution in [-0.4, -0.2) is 15.5 Å². The molecular weight excluding hydrogens is 370 g/mol. The molecule has 148 valence electrons. The van der Waals surface area contributed by atoms with Crippen LogP contribution in [0.2, 0.25) is 0 Å².